The normalized spacial score (nSPS) is 39.0. The molecule has 8 nitrogen and oxygen atoms in total. The highest BCUT2D eigenvalue weighted by molar-refractivity contribution is 5.95. The number of aliphatic hydroxyl groups is 1. The Hall–Kier alpha value is -1.77. The van der Waals surface area contributed by atoms with Gasteiger partial charge in [-0.05, 0) is 62.7 Å². The van der Waals surface area contributed by atoms with E-state index in [-0.39, 0.29) is 18.2 Å². The van der Waals surface area contributed by atoms with Gasteiger partial charge in [0.2, 0.25) is 5.95 Å². The van der Waals surface area contributed by atoms with E-state index in [1.807, 2.05) is 4.90 Å². The van der Waals surface area contributed by atoms with Gasteiger partial charge in [0.05, 0.1) is 30.1 Å². The van der Waals surface area contributed by atoms with E-state index in [1.54, 1.807) is 13.3 Å². The van der Waals surface area contributed by atoms with Gasteiger partial charge in [-0.1, -0.05) is 0 Å². The standard InChI is InChI=1S/C23H32N4O4/c1-30-18-12-31-5-4-27(18)22-24-11-17(20(26-22)14-2-3-14)21(28)25-19-15-6-13-7-16(19)10-23(29,8-13)9-15/h11,13-16,18-19,29H,2-10,12H2,1H3,(H,25,28). The number of nitrogens with one attached hydrogen (secondary N) is 1. The number of methoxy groups -OCH3 is 1. The van der Waals surface area contributed by atoms with Crippen molar-refractivity contribution in [3.05, 3.63) is 17.5 Å². The summed E-state index contributed by atoms with van der Waals surface area (Å²) >= 11 is 0. The minimum atomic E-state index is -0.488. The highest BCUT2D eigenvalue weighted by Gasteiger charge is 2.55. The van der Waals surface area contributed by atoms with Crippen LogP contribution in [0.15, 0.2) is 6.20 Å². The van der Waals surface area contributed by atoms with Crippen molar-refractivity contribution in [1.82, 2.24) is 15.3 Å². The number of amides is 1. The number of hydrogen-bond acceptors (Lipinski definition) is 7. The van der Waals surface area contributed by atoms with Crippen LogP contribution >= 0.6 is 0 Å². The second kappa shape index (κ2) is 7.39. The lowest BCUT2D eigenvalue weighted by Gasteiger charge is -2.58. The molecule has 168 valence electrons. The summed E-state index contributed by atoms with van der Waals surface area (Å²) in [5.41, 5.74) is 0.991. The Balaban J connectivity index is 1.23. The van der Waals surface area contributed by atoms with Crippen LogP contribution in [-0.2, 0) is 9.47 Å². The van der Waals surface area contributed by atoms with Gasteiger partial charge < -0.3 is 24.8 Å². The first kappa shape index (κ1) is 19.9. The molecule has 1 saturated heterocycles. The van der Waals surface area contributed by atoms with Gasteiger partial charge in [0, 0.05) is 31.8 Å². The number of aromatic nitrogens is 2. The van der Waals surface area contributed by atoms with Crippen molar-refractivity contribution in [3.63, 3.8) is 0 Å². The van der Waals surface area contributed by atoms with E-state index in [9.17, 15) is 9.90 Å². The zero-order chi connectivity index (χ0) is 21.2. The monoisotopic (exact) mass is 428 g/mol. The zero-order valence-electron chi connectivity index (χ0n) is 18.1. The van der Waals surface area contributed by atoms with Gasteiger partial charge in [-0.2, -0.15) is 0 Å². The number of carbonyl (C=O) groups excluding carboxylic acids is 1. The molecule has 3 atom stereocenters. The molecule has 2 N–H and O–H groups in total. The average molecular weight is 429 g/mol. The van der Waals surface area contributed by atoms with Gasteiger partial charge in [0.25, 0.3) is 5.91 Å². The fourth-order valence-corrected chi connectivity index (χ4v) is 6.82. The van der Waals surface area contributed by atoms with E-state index in [1.165, 1.54) is 0 Å². The van der Waals surface area contributed by atoms with Crippen molar-refractivity contribution in [2.45, 2.75) is 68.7 Å². The summed E-state index contributed by atoms with van der Waals surface area (Å²) in [5, 5.41) is 14.2. The Bertz CT molecular complexity index is 859. The van der Waals surface area contributed by atoms with Crippen molar-refractivity contribution in [3.8, 4) is 0 Å². The maximum atomic E-state index is 13.4. The van der Waals surface area contributed by atoms with E-state index in [0.717, 1.165) is 50.6 Å². The fraction of sp³-hybridized carbons (Fsp3) is 0.783. The average Bonchev–Trinajstić information content (AvgIpc) is 3.60. The molecule has 31 heavy (non-hydrogen) atoms. The Morgan fingerprint density at radius 1 is 1.29 bits per heavy atom. The molecular weight excluding hydrogens is 396 g/mol. The summed E-state index contributed by atoms with van der Waals surface area (Å²) in [4.78, 5) is 24.8. The second-order valence-electron chi connectivity index (χ2n) is 10.4. The Labute approximate surface area is 182 Å². The number of hydrogen-bond donors (Lipinski definition) is 2. The Morgan fingerprint density at radius 2 is 2.06 bits per heavy atom. The minimum absolute atomic E-state index is 0.0526. The van der Waals surface area contributed by atoms with Gasteiger partial charge in [0.15, 0.2) is 6.23 Å². The molecular formula is C23H32N4O4. The van der Waals surface area contributed by atoms with Crippen LogP contribution in [0.4, 0.5) is 5.95 Å². The molecule has 5 aliphatic carbocycles. The summed E-state index contributed by atoms with van der Waals surface area (Å²) in [6, 6.07) is 0.160. The van der Waals surface area contributed by atoms with Gasteiger partial charge in [-0.3, -0.25) is 4.79 Å². The Kier molecular flexibility index (Phi) is 4.74. The van der Waals surface area contributed by atoms with E-state index in [0.29, 0.717) is 54.9 Å². The maximum Gasteiger partial charge on any atom is 0.254 e. The summed E-state index contributed by atoms with van der Waals surface area (Å²) in [5.74, 6) is 2.31. The van der Waals surface area contributed by atoms with Crippen LogP contribution in [0.25, 0.3) is 0 Å². The van der Waals surface area contributed by atoms with Crippen LogP contribution < -0.4 is 10.2 Å². The molecule has 8 heteroatoms. The molecule has 1 aliphatic heterocycles. The first-order valence-corrected chi connectivity index (χ1v) is 11.8. The lowest BCUT2D eigenvalue weighted by atomic mass is 9.52. The van der Waals surface area contributed by atoms with Crippen molar-refractivity contribution in [2.24, 2.45) is 17.8 Å². The molecule has 0 aromatic carbocycles. The van der Waals surface area contributed by atoms with Crippen LogP contribution in [0.2, 0.25) is 0 Å². The molecule has 3 unspecified atom stereocenters. The zero-order valence-corrected chi connectivity index (χ0v) is 18.1. The third-order valence-electron chi connectivity index (χ3n) is 8.17. The van der Waals surface area contributed by atoms with E-state index < -0.39 is 5.60 Å². The molecule has 4 bridgehead atoms. The van der Waals surface area contributed by atoms with Crippen molar-refractivity contribution >= 4 is 11.9 Å². The SMILES string of the molecule is COC1COCCN1c1ncc(C(=O)NC2C3CC4CC2CC(O)(C4)C3)c(C2CC2)n1. The molecule has 0 spiro atoms. The molecule has 2 heterocycles. The molecule has 1 aromatic heterocycles. The van der Waals surface area contributed by atoms with E-state index in [2.05, 4.69) is 10.3 Å². The van der Waals surface area contributed by atoms with E-state index >= 15 is 0 Å². The quantitative estimate of drug-likeness (QED) is 0.739. The molecule has 5 saturated carbocycles. The van der Waals surface area contributed by atoms with Gasteiger partial charge in [0.1, 0.15) is 0 Å². The molecule has 6 fully saturated rings. The number of ether oxygens (including phenoxy) is 2. The minimum Gasteiger partial charge on any atom is -0.390 e. The van der Waals surface area contributed by atoms with Crippen molar-refractivity contribution in [1.29, 1.82) is 0 Å². The van der Waals surface area contributed by atoms with Gasteiger partial charge in [-0.15, -0.1) is 0 Å². The summed E-state index contributed by atoms with van der Waals surface area (Å²) in [7, 11) is 1.66. The number of anilines is 1. The lowest BCUT2D eigenvalue weighted by molar-refractivity contribution is -0.136. The highest BCUT2D eigenvalue weighted by atomic mass is 16.5. The number of rotatable bonds is 5. The van der Waals surface area contributed by atoms with Crippen LogP contribution in [-0.4, -0.2) is 65.7 Å². The molecule has 1 aromatic rings. The third-order valence-corrected chi connectivity index (χ3v) is 8.17. The number of nitrogens with zero attached hydrogens (tertiary/aromatic N) is 3. The van der Waals surface area contributed by atoms with Gasteiger partial charge >= 0.3 is 0 Å². The predicted molar refractivity (Wildman–Crippen MR) is 113 cm³/mol. The molecule has 1 amide bonds. The van der Waals surface area contributed by atoms with Crippen LogP contribution in [0, 0.1) is 17.8 Å². The summed E-state index contributed by atoms with van der Waals surface area (Å²) in [6.07, 6.45) is 8.49. The van der Waals surface area contributed by atoms with Gasteiger partial charge in [-0.25, -0.2) is 9.97 Å². The second-order valence-corrected chi connectivity index (χ2v) is 10.4. The van der Waals surface area contributed by atoms with Crippen LogP contribution in [0.3, 0.4) is 0 Å². The topological polar surface area (TPSA) is 96.8 Å². The van der Waals surface area contributed by atoms with Crippen LogP contribution in [0.1, 0.15) is 66.9 Å². The summed E-state index contributed by atoms with van der Waals surface area (Å²) < 4.78 is 11.0. The Morgan fingerprint density at radius 3 is 2.74 bits per heavy atom. The van der Waals surface area contributed by atoms with Crippen LogP contribution in [0.5, 0.6) is 0 Å². The number of morpholine rings is 1. The number of carbonyl (C=O) groups is 1. The van der Waals surface area contributed by atoms with E-state index in [4.69, 9.17) is 14.5 Å². The largest absolute Gasteiger partial charge is 0.390 e. The molecule has 0 radical (unpaired) electrons. The maximum absolute atomic E-state index is 13.4. The first-order chi connectivity index (χ1) is 15.0. The summed E-state index contributed by atoms with van der Waals surface area (Å²) in [6.45, 7) is 1.77. The fourth-order valence-electron chi connectivity index (χ4n) is 6.82. The smallest absolute Gasteiger partial charge is 0.254 e. The predicted octanol–water partition coefficient (Wildman–Crippen LogP) is 1.83. The lowest BCUT2D eigenvalue weighted by Crippen LogP contribution is -2.61. The van der Waals surface area contributed by atoms with Crippen molar-refractivity contribution in [2.75, 3.05) is 31.8 Å². The third kappa shape index (κ3) is 3.52. The molecule has 7 rings (SSSR count). The van der Waals surface area contributed by atoms with Crippen molar-refractivity contribution < 1.29 is 19.4 Å². The highest BCUT2D eigenvalue weighted by Crippen LogP contribution is 2.55. The first-order valence-electron chi connectivity index (χ1n) is 11.8. The molecule has 6 aliphatic rings.